The van der Waals surface area contributed by atoms with Crippen molar-refractivity contribution >= 4 is 15.7 Å². The Morgan fingerprint density at radius 1 is 0.920 bits per heavy atom. The first-order valence-electron chi connectivity index (χ1n) is 10.3. The largest absolute Gasteiger partial charge is 0.353 e. The third-order valence-electron chi connectivity index (χ3n) is 6.37. The molecule has 144 valence electrons. The van der Waals surface area contributed by atoms with Crippen LogP contribution in [-0.4, -0.2) is 55.9 Å². The third kappa shape index (κ3) is 5.68. The van der Waals surface area contributed by atoms with Gasteiger partial charge in [-0.2, -0.15) is 0 Å². The van der Waals surface area contributed by atoms with E-state index < -0.39 is 9.84 Å². The molecular weight excluding hydrogens is 336 g/mol. The van der Waals surface area contributed by atoms with Gasteiger partial charge in [0.2, 0.25) is 5.91 Å². The summed E-state index contributed by atoms with van der Waals surface area (Å²) in [5, 5.41) is 2.87. The van der Waals surface area contributed by atoms with Crippen molar-refractivity contribution in [1.29, 1.82) is 0 Å². The summed E-state index contributed by atoms with van der Waals surface area (Å²) < 4.78 is 24.5. The van der Waals surface area contributed by atoms with E-state index in [4.69, 9.17) is 0 Å². The molecule has 0 aromatic rings. The number of nitrogens with one attached hydrogen (secondary N) is 1. The summed E-state index contributed by atoms with van der Waals surface area (Å²) in [7, 11) is -3.09. The quantitative estimate of drug-likeness (QED) is 0.748. The van der Waals surface area contributed by atoms with Crippen molar-refractivity contribution in [3.63, 3.8) is 0 Å². The van der Waals surface area contributed by atoms with E-state index in [0.717, 1.165) is 57.5 Å². The first kappa shape index (κ1) is 19.2. The van der Waals surface area contributed by atoms with Gasteiger partial charge in [-0.25, -0.2) is 8.42 Å². The summed E-state index contributed by atoms with van der Waals surface area (Å²) in [6, 6.07) is 0.224. The third-order valence-corrected chi connectivity index (χ3v) is 8.63. The Hall–Kier alpha value is -0.620. The highest BCUT2D eigenvalue weighted by Crippen LogP contribution is 2.27. The van der Waals surface area contributed by atoms with Crippen LogP contribution in [0.3, 0.4) is 0 Å². The van der Waals surface area contributed by atoms with E-state index in [9.17, 15) is 13.2 Å². The number of hydrogen-bond donors (Lipinski definition) is 1. The average Bonchev–Trinajstić information content (AvgIpc) is 3.29. The van der Waals surface area contributed by atoms with Crippen molar-refractivity contribution in [2.24, 2.45) is 5.92 Å². The van der Waals surface area contributed by atoms with E-state index >= 15 is 0 Å². The van der Waals surface area contributed by atoms with Crippen molar-refractivity contribution in [3.8, 4) is 0 Å². The van der Waals surface area contributed by atoms with Crippen molar-refractivity contribution in [1.82, 2.24) is 10.2 Å². The first-order chi connectivity index (χ1) is 12.0. The van der Waals surface area contributed by atoms with E-state index in [0.29, 0.717) is 0 Å². The molecule has 0 unspecified atom stereocenters. The van der Waals surface area contributed by atoms with Crippen molar-refractivity contribution in [2.45, 2.75) is 81.9 Å². The van der Waals surface area contributed by atoms with Gasteiger partial charge in [0.1, 0.15) is 0 Å². The molecule has 5 nitrogen and oxygen atoms in total. The standard InChI is InChI=1S/C19H34N2O3S/c22-19(11-14-25(23,24)18-7-3-4-8-18)20-17-9-12-21(13-10-17)15-16-5-1-2-6-16/h16-18H,1-15H2,(H,20,22). The molecule has 1 N–H and O–H groups in total. The fourth-order valence-electron chi connectivity index (χ4n) is 4.77. The van der Waals surface area contributed by atoms with Gasteiger partial charge in [0.05, 0.1) is 11.0 Å². The Bertz CT molecular complexity index is 529. The average molecular weight is 371 g/mol. The molecule has 0 atom stereocenters. The summed E-state index contributed by atoms with van der Waals surface area (Å²) in [5.41, 5.74) is 0. The van der Waals surface area contributed by atoms with Gasteiger partial charge in [-0.3, -0.25) is 4.79 Å². The highest BCUT2D eigenvalue weighted by atomic mass is 32.2. The van der Waals surface area contributed by atoms with Crippen LogP contribution in [0, 0.1) is 5.92 Å². The predicted molar refractivity (Wildman–Crippen MR) is 100 cm³/mol. The number of amides is 1. The van der Waals surface area contributed by atoms with Crippen LogP contribution in [0.1, 0.15) is 70.6 Å². The van der Waals surface area contributed by atoms with Crippen LogP contribution >= 0.6 is 0 Å². The number of carbonyl (C=O) groups is 1. The maximum atomic E-state index is 12.3. The van der Waals surface area contributed by atoms with E-state index in [-0.39, 0.29) is 29.4 Å². The highest BCUT2D eigenvalue weighted by molar-refractivity contribution is 7.92. The molecule has 0 bridgehead atoms. The monoisotopic (exact) mass is 370 g/mol. The van der Waals surface area contributed by atoms with Crippen molar-refractivity contribution < 1.29 is 13.2 Å². The molecule has 2 saturated carbocycles. The SMILES string of the molecule is O=C(CCS(=O)(=O)C1CCCC1)NC1CCN(CC2CCCC2)CC1. The second-order valence-electron chi connectivity index (χ2n) is 8.32. The Morgan fingerprint density at radius 2 is 1.52 bits per heavy atom. The molecule has 0 spiro atoms. The van der Waals surface area contributed by atoms with Crippen LogP contribution in [-0.2, 0) is 14.6 Å². The molecule has 1 heterocycles. The number of likely N-dealkylation sites (tertiary alicyclic amines) is 1. The topological polar surface area (TPSA) is 66.5 Å². The lowest BCUT2D eigenvalue weighted by Crippen LogP contribution is -2.46. The summed E-state index contributed by atoms with van der Waals surface area (Å²) in [4.78, 5) is 14.7. The number of hydrogen-bond acceptors (Lipinski definition) is 4. The molecule has 1 amide bonds. The summed E-state index contributed by atoms with van der Waals surface area (Å²) in [5.74, 6) is 0.812. The van der Waals surface area contributed by atoms with Crippen LogP contribution in [0.4, 0.5) is 0 Å². The zero-order valence-corrected chi connectivity index (χ0v) is 16.2. The van der Waals surface area contributed by atoms with Gasteiger partial charge in [-0.1, -0.05) is 25.7 Å². The van der Waals surface area contributed by atoms with Gasteiger partial charge in [0.25, 0.3) is 0 Å². The first-order valence-corrected chi connectivity index (χ1v) is 12.0. The number of sulfone groups is 1. The molecule has 3 aliphatic rings. The van der Waals surface area contributed by atoms with Crippen LogP contribution in [0.5, 0.6) is 0 Å². The Balaban J connectivity index is 1.33. The lowest BCUT2D eigenvalue weighted by Gasteiger charge is -2.33. The highest BCUT2D eigenvalue weighted by Gasteiger charge is 2.29. The minimum Gasteiger partial charge on any atom is -0.353 e. The number of piperidine rings is 1. The maximum Gasteiger partial charge on any atom is 0.221 e. The molecule has 25 heavy (non-hydrogen) atoms. The molecule has 6 heteroatoms. The summed E-state index contributed by atoms with van der Waals surface area (Å²) in [6.07, 6.45) is 11.2. The molecule has 0 aromatic heterocycles. The van der Waals surface area contributed by atoms with Gasteiger partial charge in [0.15, 0.2) is 9.84 Å². The zero-order valence-electron chi connectivity index (χ0n) is 15.4. The molecule has 1 aliphatic heterocycles. The normalized spacial score (nSPS) is 24.8. The minimum absolute atomic E-state index is 0.0179. The second kappa shape index (κ2) is 8.85. The molecule has 1 saturated heterocycles. The van der Waals surface area contributed by atoms with Crippen LogP contribution in [0.25, 0.3) is 0 Å². The van der Waals surface area contributed by atoms with Crippen LogP contribution in [0.15, 0.2) is 0 Å². The van der Waals surface area contributed by atoms with Crippen LogP contribution in [0.2, 0.25) is 0 Å². The molecule has 3 fully saturated rings. The van der Waals surface area contributed by atoms with E-state index in [1.165, 1.54) is 32.2 Å². The molecule has 3 rings (SSSR count). The fourth-order valence-corrected chi connectivity index (χ4v) is 6.62. The minimum atomic E-state index is -3.09. The van der Waals surface area contributed by atoms with Crippen LogP contribution < -0.4 is 5.32 Å². The van der Waals surface area contributed by atoms with E-state index in [1.807, 2.05) is 0 Å². The smallest absolute Gasteiger partial charge is 0.221 e. The molecule has 0 aromatic carbocycles. The lowest BCUT2D eigenvalue weighted by molar-refractivity contribution is -0.121. The molecule has 2 aliphatic carbocycles. The van der Waals surface area contributed by atoms with Gasteiger partial charge in [0, 0.05) is 32.1 Å². The second-order valence-corrected chi connectivity index (χ2v) is 10.7. The Labute approximate surface area is 152 Å². The lowest BCUT2D eigenvalue weighted by atomic mass is 10.0. The van der Waals surface area contributed by atoms with Crippen molar-refractivity contribution in [3.05, 3.63) is 0 Å². The molecule has 0 radical (unpaired) electrons. The van der Waals surface area contributed by atoms with Crippen molar-refractivity contribution in [2.75, 3.05) is 25.4 Å². The number of carbonyl (C=O) groups excluding carboxylic acids is 1. The maximum absolute atomic E-state index is 12.3. The van der Waals surface area contributed by atoms with E-state index in [1.54, 1.807) is 0 Å². The Morgan fingerprint density at radius 3 is 2.16 bits per heavy atom. The molecular formula is C19H34N2O3S. The van der Waals surface area contributed by atoms with Gasteiger partial charge in [-0.15, -0.1) is 0 Å². The number of rotatable bonds is 7. The Kier molecular flexibility index (Phi) is 6.78. The summed E-state index contributed by atoms with van der Waals surface area (Å²) >= 11 is 0. The van der Waals surface area contributed by atoms with Gasteiger partial charge >= 0.3 is 0 Å². The van der Waals surface area contributed by atoms with E-state index in [2.05, 4.69) is 10.2 Å². The number of nitrogens with zero attached hydrogens (tertiary/aromatic N) is 1. The van der Waals surface area contributed by atoms with Gasteiger partial charge < -0.3 is 10.2 Å². The predicted octanol–water partition coefficient (Wildman–Crippen LogP) is 2.50. The van der Waals surface area contributed by atoms with Gasteiger partial charge in [-0.05, 0) is 44.4 Å². The fraction of sp³-hybridized carbons (Fsp3) is 0.947. The zero-order chi connectivity index (χ0) is 17.7. The summed E-state index contributed by atoms with van der Waals surface area (Å²) in [6.45, 7) is 3.34.